The van der Waals surface area contributed by atoms with E-state index in [4.69, 9.17) is 4.74 Å². The van der Waals surface area contributed by atoms with Crippen molar-refractivity contribution in [2.75, 3.05) is 39.8 Å². The van der Waals surface area contributed by atoms with Gasteiger partial charge in [-0.1, -0.05) is 13.8 Å². The van der Waals surface area contributed by atoms with Crippen LogP contribution in [0.1, 0.15) is 40.0 Å². The minimum Gasteiger partial charge on any atom is -0.375 e. The van der Waals surface area contributed by atoms with Crippen LogP contribution in [0.5, 0.6) is 0 Å². The minimum atomic E-state index is -3.39. The van der Waals surface area contributed by atoms with Crippen molar-refractivity contribution in [3.63, 3.8) is 0 Å². The summed E-state index contributed by atoms with van der Waals surface area (Å²) in [4.78, 5) is 0. The van der Waals surface area contributed by atoms with Gasteiger partial charge in [-0.2, -0.15) is 17.0 Å². The summed E-state index contributed by atoms with van der Waals surface area (Å²) in [5.41, 5.74) is 0. The van der Waals surface area contributed by atoms with Gasteiger partial charge in [-0.3, -0.25) is 0 Å². The van der Waals surface area contributed by atoms with Crippen molar-refractivity contribution in [3.8, 4) is 0 Å². The zero-order chi connectivity index (χ0) is 15.9. The number of morpholine rings is 1. The van der Waals surface area contributed by atoms with E-state index in [9.17, 15) is 8.42 Å². The fourth-order valence-electron chi connectivity index (χ4n) is 2.44. The Morgan fingerprint density at radius 1 is 1.33 bits per heavy atom. The first kappa shape index (κ1) is 18.8. The molecule has 126 valence electrons. The molecule has 2 unspecified atom stereocenters. The lowest BCUT2D eigenvalue weighted by atomic mass is 10.2. The van der Waals surface area contributed by atoms with Gasteiger partial charge in [0.15, 0.2) is 0 Å². The summed E-state index contributed by atoms with van der Waals surface area (Å²) in [5.74, 6) is 0. The number of rotatable bonds is 9. The number of nitrogens with one attached hydrogen (secondary N) is 1. The van der Waals surface area contributed by atoms with Gasteiger partial charge in [0.2, 0.25) is 0 Å². The van der Waals surface area contributed by atoms with Crippen LogP contribution >= 0.6 is 0 Å². The Morgan fingerprint density at radius 2 is 2.05 bits per heavy atom. The average molecular weight is 321 g/mol. The van der Waals surface area contributed by atoms with Crippen LogP contribution in [-0.4, -0.2) is 69.0 Å². The molecule has 1 N–H and O–H groups in total. The van der Waals surface area contributed by atoms with Crippen LogP contribution in [-0.2, 0) is 14.9 Å². The van der Waals surface area contributed by atoms with Crippen LogP contribution < -0.4 is 5.32 Å². The standard InChI is InChI=1S/C14H31N3O3S/c1-5-8-15-9-7-10-16(4)21(18,19)17-11-13(3)20-12-14(17)6-2/h13-15H,5-12H2,1-4H3. The van der Waals surface area contributed by atoms with Crippen molar-refractivity contribution in [3.05, 3.63) is 0 Å². The van der Waals surface area contributed by atoms with Crippen molar-refractivity contribution in [2.45, 2.75) is 52.2 Å². The lowest BCUT2D eigenvalue weighted by Gasteiger charge is -2.39. The van der Waals surface area contributed by atoms with E-state index in [1.807, 2.05) is 13.8 Å². The molecule has 1 saturated heterocycles. The molecule has 0 aliphatic carbocycles. The van der Waals surface area contributed by atoms with Crippen molar-refractivity contribution in [2.24, 2.45) is 0 Å². The van der Waals surface area contributed by atoms with E-state index in [1.165, 1.54) is 4.31 Å². The maximum Gasteiger partial charge on any atom is 0.282 e. The highest BCUT2D eigenvalue weighted by molar-refractivity contribution is 7.86. The number of hydrogen-bond acceptors (Lipinski definition) is 4. The Hall–Kier alpha value is -0.210. The molecule has 0 spiro atoms. The predicted molar refractivity (Wildman–Crippen MR) is 85.5 cm³/mol. The summed E-state index contributed by atoms with van der Waals surface area (Å²) in [6.07, 6.45) is 2.66. The third-order valence-corrected chi connectivity index (χ3v) is 5.84. The lowest BCUT2D eigenvalue weighted by molar-refractivity contribution is -0.0248. The van der Waals surface area contributed by atoms with Gasteiger partial charge in [-0.25, -0.2) is 0 Å². The summed E-state index contributed by atoms with van der Waals surface area (Å²) < 4.78 is 34.1. The van der Waals surface area contributed by atoms with Crippen molar-refractivity contribution in [1.29, 1.82) is 0 Å². The minimum absolute atomic E-state index is 0.0396. The summed E-state index contributed by atoms with van der Waals surface area (Å²) in [6, 6.07) is -0.0492. The van der Waals surface area contributed by atoms with E-state index in [-0.39, 0.29) is 12.1 Å². The first-order chi connectivity index (χ1) is 9.93. The zero-order valence-electron chi connectivity index (χ0n) is 13.8. The maximum absolute atomic E-state index is 12.7. The molecule has 1 fully saturated rings. The molecule has 6 nitrogen and oxygen atoms in total. The Labute approximate surface area is 130 Å². The molecule has 2 atom stereocenters. The van der Waals surface area contributed by atoms with Gasteiger partial charge in [-0.05, 0) is 39.3 Å². The molecule has 0 aromatic heterocycles. The lowest BCUT2D eigenvalue weighted by Crippen LogP contribution is -2.55. The summed E-state index contributed by atoms with van der Waals surface area (Å²) >= 11 is 0. The molecule has 1 aliphatic heterocycles. The Bertz CT molecular complexity index is 389. The van der Waals surface area contributed by atoms with Crippen LogP contribution in [0.3, 0.4) is 0 Å². The van der Waals surface area contributed by atoms with Gasteiger partial charge >= 0.3 is 0 Å². The van der Waals surface area contributed by atoms with Gasteiger partial charge in [-0.15, -0.1) is 0 Å². The van der Waals surface area contributed by atoms with Crippen molar-refractivity contribution >= 4 is 10.2 Å². The van der Waals surface area contributed by atoms with E-state index in [2.05, 4.69) is 12.2 Å². The second kappa shape index (κ2) is 9.05. The van der Waals surface area contributed by atoms with E-state index in [1.54, 1.807) is 11.4 Å². The molecule has 0 bridgehead atoms. The molecule has 7 heteroatoms. The van der Waals surface area contributed by atoms with E-state index >= 15 is 0 Å². The third kappa shape index (κ3) is 5.49. The summed E-state index contributed by atoms with van der Waals surface area (Å²) in [6.45, 7) is 9.35. The van der Waals surface area contributed by atoms with Crippen LogP contribution in [0.25, 0.3) is 0 Å². The monoisotopic (exact) mass is 321 g/mol. The fraction of sp³-hybridized carbons (Fsp3) is 1.00. The maximum atomic E-state index is 12.7. The molecule has 0 radical (unpaired) electrons. The molecular weight excluding hydrogens is 290 g/mol. The number of hydrogen-bond donors (Lipinski definition) is 1. The second-order valence-electron chi connectivity index (χ2n) is 5.71. The van der Waals surface area contributed by atoms with Gasteiger partial charge in [0.1, 0.15) is 0 Å². The first-order valence-electron chi connectivity index (χ1n) is 7.98. The zero-order valence-corrected chi connectivity index (χ0v) is 14.7. The number of ether oxygens (including phenoxy) is 1. The summed E-state index contributed by atoms with van der Waals surface area (Å²) in [7, 11) is -1.72. The normalized spacial score (nSPS) is 24.6. The highest BCUT2D eigenvalue weighted by Gasteiger charge is 2.36. The van der Waals surface area contributed by atoms with Crippen molar-refractivity contribution < 1.29 is 13.2 Å². The Kier molecular flexibility index (Phi) is 8.12. The SMILES string of the molecule is CCCNCCCN(C)S(=O)(=O)N1CC(C)OCC1CC. The van der Waals surface area contributed by atoms with Crippen LogP contribution in [0, 0.1) is 0 Å². The van der Waals surface area contributed by atoms with E-state index in [0.29, 0.717) is 19.7 Å². The average Bonchev–Trinajstić information content (AvgIpc) is 2.46. The van der Waals surface area contributed by atoms with Gasteiger partial charge < -0.3 is 10.1 Å². The van der Waals surface area contributed by atoms with Crippen LogP contribution in [0.2, 0.25) is 0 Å². The topological polar surface area (TPSA) is 61.9 Å². The summed E-state index contributed by atoms with van der Waals surface area (Å²) in [5, 5.41) is 3.29. The molecule has 1 aliphatic rings. The Morgan fingerprint density at radius 3 is 2.67 bits per heavy atom. The second-order valence-corrected chi connectivity index (χ2v) is 7.70. The highest BCUT2D eigenvalue weighted by atomic mass is 32.2. The first-order valence-corrected chi connectivity index (χ1v) is 9.38. The Balaban J connectivity index is 2.56. The van der Waals surface area contributed by atoms with E-state index in [0.717, 1.165) is 32.4 Å². The van der Waals surface area contributed by atoms with Crippen molar-refractivity contribution in [1.82, 2.24) is 13.9 Å². The molecule has 0 saturated carbocycles. The number of nitrogens with zero attached hydrogens (tertiary/aromatic N) is 2. The third-order valence-electron chi connectivity index (χ3n) is 3.83. The smallest absolute Gasteiger partial charge is 0.282 e. The fourth-order valence-corrected chi connectivity index (χ4v) is 4.14. The van der Waals surface area contributed by atoms with Gasteiger partial charge in [0.05, 0.1) is 12.7 Å². The van der Waals surface area contributed by atoms with E-state index < -0.39 is 10.2 Å². The van der Waals surface area contributed by atoms with Crippen LogP contribution in [0.15, 0.2) is 0 Å². The largest absolute Gasteiger partial charge is 0.375 e. The molecule has 1 heterocycles. The highest BCUT2D eigenvalue weighted by Crippen LogP contribution is 2.20. The van der Waals surface area contributed by atoms with Gasteiger partial charge in [0, 0.05) is 26.2 Å². The van der Waals surface area contributed by atoms with Gasteiger partial charge in [0.25, 0.3) is 10.2 Å². The predicted octanol–water partition coefficient (Wildman–Crippen LogP) is 1.05. The quantitative estimate of drug-likeness (QED) is 0.645. The molecule has 0 aromatic carbocycles. The molecule has 21 heavy (non-hydrogen) atoms. The molecular formula is C14H31N3O3S. The van der Waals surface area contributed by atoms with Crippen LogP contribution in [0.4, 0.5) is 0 Å². The molecule has 0 amide bonds. The molecule has 0 aromatic rings. The molecule has 1 rings (SSSR count).